The van der Waals surface area contributed by atoms with Gasteiger partial charge in [0, 0.05) is 23.2 Å². The van der Waals surface area contributed by atoms with Crippen molar-refractivity contribution in [2.75, 3.05) is 12.5 Å². The maximum atomic E-state index is 13.7. The normalized spacial score (nSPS) is 17.1. The van der Waals surface area contributed by atoms with Crippen molar-refractivity contribution < 1.29 is 33.2 Å². The molecule has 7 rings (SSSR count). The first kappa shape index (κ1) is 31.5. The number of ether oxygens (including phenoxy) is 1. The van der Waals surface area contributed by atoms with E-state index in [1.165, 1.54) is 6.07 Å². The summed E-state index contributed by atoms with van der Waals surface area (Å²) in [5.74, 6) is -3.56. The highest BCUT2D eigenvalue weighted by Gasteiger charge is 2.53. The van der Waals surface area contributed by atoms with Gasteiger partial charge in [-0.15, -0.1) is 0 Å². The Bertz CT molecular complexity index is 2850. The van der Waals surface area contributed by atoms with E-state index < -0.39 is 99.8 Å². The second kappa shape index (κ2) is 10.4. The molecular formula is C31H17ClF3N5O9. The van der Waals surface area contributed by atoms with E-state index in [1.807, 2.05) is 0 Å². The molecule has 0 saturated heterocycles. The summed E-state index contributed by atoms with van der Waals surface area (Å²) in [6.07, 6.45) is -3.18. The molecule has 18 heteroatoms. The molecule has 5 N–H and O–H groups in total. The van der Waals surface area contributed by atoms with E-state index in [2.05, 4.69) is 25.5 Å². The number of H-pyrrole nitrogens is 1. The molecule has 0 unspecified atom stereocenters. The van der Waals surface area contributed by atoms with E-state index >= 15 is 0 Å². The molecular weight excluding hydrogens is 679 g/mol. The van der Waals surface area contributed by atoms with Gasteiger partial charge in [0.05, 0.1) is 50.3 Å². The molecule has 248 valence electrons. The molecule has 0 saturated carbocycles. The van der Waals surface area contributed by atoms with Crippen LogP contribution in [-0.4, -0.2) is 43.6 Å². The number of halogens is 4. The Kier molecular flexibility index (Phi) is 6.72. The van der Waals surface area contributed by atoms with Gasteiger partial charge in [-0.25, -0.2) is 15.4 Å². The summed E-state index contributed by atoms with van der Waals surface area (Å²) in [6, 6.07) is 2.68. The lowest BCUT2D eigenvalue weighted by Crippen LogP contribution is -2.51. The molecule has 2 heterocycles. The van der Waals surface area contributed by atoms with Gasteiger partial charge in [-0.05, 0) is 30.5 Å². The summed E-state index contributed by atoms with van der Waals surface area (Å²) in [4.78, 5) is 75.7. The first-order valence-corrected chi connectivity index (χ1v) is 14.4. The minimum Gasteiger partial charge on any atom is -0.510 e. The number of hydrogen-bond acceptors (Lipinski definition) is 13. The summed E-state index contributed by atoms with van der Waals surface area (Å²) in [5.41, 5.74) is -6.85. The summed E-state index contributed by atoms with van der Waals surface area (Å²) in [7, 11) is 1.08. The highest BCUT2D eigenvalue weighted by molar-refractivity contribution is 6.37. The lowest BCUT2D eigenvalue weighted by atomic mass is 9.78. The summed E-state index contributed by atoms with van der Waals surface area (Å²) < 4.78 is 43.7. The summed E-state index contributed by atoms with van der Waals surface area (Å²) in [5, 5.41) is 34.8. The van der Waals surface area contributed by atoms with Crippen LogP contribution >= 0.6 is 11.6 Å². The van der Waals surface area contributed by atoms with Crippen molar-refractivity contribution in [3.05, 3.63) is 124 Å². The number of aromatic amines is 1. The van der Waals surface area contributed by atoms with Gasteiger partial charge in [-0.1, -0.05) is 11.6 Å². The van der Waals surface area contributed by atoms with E-state index in [-0.39, 0.29) is 40.1 Å². The third kappa shape index (κ3) is 4.21. The average Bonchev–Trinajstić information content (AvgIpc) is 3.56. The molecule has 4 aliphatic rings. The summed E-state index contributed by atoms with van der Waals surface area (Å²) in [6.45, 7) is 0. The third-order valence-corrected chi connectivity index (χ3v) is 9.12. The molecule has 1 atom stereocenters. The number of aliphatic hydroxyl groups is 2. The monoisotopic (exact) mass is 695 g/mol. The van der Waals surface area contributed by atoms with Crippen LogP contribution in [0.5, 0.6) is 11.5 Å². The number of benzene rings is 1. The van der Waals surface area contributed by atoms with Gasteiger partial charge in [0.15, 0.2) is 11.2 Å². The Hall–Kier alpha value is -6.10. The van der Waals surface area contributed by atoms with E-state index in [4.69, 9.17) is 16.3 Å². The number of hydrazone groups is 1. The second-order valence-electron chi connectivity index (χ2n) is 11.2. The Morgan fingerprint density at radius 1 is 1.02 bits per heavy atom. The Morgan fingerprint density at radius 2 is 1.69 bits per heavy atom. The van der Waals surface area contributed by atoms with Gasteiger partial charge in [-0.2, -0.15) is 18.3 Å². The van der Waals surface area contributed by atoms with Gasteiger partial charge in [-0.3, -0.25) is 24.0 Å². The quantitative estimate of drug-likeness (QED) is 0.128. The first-order chi connectivity index (χ1) is 23.1. The molecule has 3 aromatic rings. The van der Waals surface area contributed by atoms with Crippen LogP contribution in [0.15, 0.2) is 53.5 Å². The fraction of sp³-hybridized carbons (Fsp3) is 0.161. The average molecular weight is 696 g/mol. The van der Waals surface area contributed by atoms with E-state index in [0.29, 0.717) is 6.07 Å². The van der Waals surface area contributed by atoms with Crippen molar-refractivity contribution >= 4 is 46.1 Å². The number of pyridine rings is 1. The largest absolute Gasteiger partial charge is 0.510 e. The minimum absolute atomic E-state index is 0.0242. The zero-order valence-electron chi connectivity index (χ0n) is 24.4. The SMILES string of the molecule is COc1cc(=O)c2c(=O)c3c(c(=O)c=2c1=O)=C(O)[C@]1(CCc2c1c(O)c1c(=O)[nH]c(C=NNc4nccc(C(F)(F)F)n4)cc1c2Cl)C=3O. The van der Waals surface area contributed by atoms with E-state index in [0.717, 1.165) is 25.6 Å². The van der Waals surface area contributed by atoms with Crippen LogP contribution < -0.4 is 47.9 Å². The van der Waals surface area contributed by atoms with E-state index in [9.17, 15) is 52.5 Å². The molecule has 4 aliphatic carbocycles. The number of rotatable bonds is 4. The maximum absolute atomic E-state index is 13.7. The molecule has 2 aromatic heterocycles. The molecule has 0 bridgehead atoms. The number of anilines is 1. The van der Waals surface area contributed by atoms with Crippen molar-refractivity contribution in [3.63, 3.8) is 0 Å². The Balaban J connectivity index is 1.41. The van der Waals surface area contributed by atoms with Gasteiger partial charge in [0.2, 0.25) is 22.2 Å². The van der Waals surface area contributed by atoms with Crippen LogP contribution in [0, 0.1) is 10.4 Å². The molecule has 1 spiro atoms. The Labute approximate surface area is 271 Å². The fourth-order valence-corrected chi connectivity index (χ4v) is 6.95. The predicted molar refractivity (Wildman–Crippen MR) is 167 cm³/mol. The Morgan fingerprint density at radius 3 is 2.35 bits per heavy atom. The predicted octanol–water partition coefficient (Wildman–Crippen LogP) is 0.422. The number of hydrogen-bond donors (Lipinski definition) is 5. The number of nitrogens with one attached hydrogen (secondary N) is 2. The van der Waals surface area contributed by atoms with Gasteiger partial charge < -0.3 is 25.0 Å². The van der Waals surface area contributed by atoms with E-state index in [1.54, 1.807) is 0 Å². The van der Waals surface area contributed by atoms with Gasteiger partial charge in [0.1, 0.15) is 28.4 Å². The number of aromatic nitrogens is 3. The number of aliphatic hydroxyl groups excluding tert-OH is 2. The van der Waals surface area contributed by atoms with Crippen molar-refractivity contribution in [2.24, 2.45) is 5.10 Å². The van der Waals surface area contributed by atoms with Crippen LogP contribution in [0.1, 0.15) is 28.9 Å². The zero-order valence-corrected chi connectivity index (χ0v) is 25.2. The van der Waals surface area contributed by atoms with Crippen molar-refractivity contribution in [1.29, 1.82) is 0 Å². The molecule has 0 radical (unpaired) electrons. The van der Waals surface area contributed by atoms with Gasteiger partial charge >= 0.3 is 6.18 Å². The second-order valence-corrected chi connectivity index (χ2v) is 11.5. The third-order valence-electron chi connectivity index (χ3n) is 8.69. The highest BCUT2D eigenvalue weighted by atomic mass is 35.5. The molecule has 14 nitrogen and oxygen atoms in total. The number of nitrogens with zero attached hydrogens (tertiary/aromatic N) is 3. The zero-order chi connectivity index (χ0) is 35.3. The smallest absolute Gasteiger partial charge is 0.433 e. The van der Waals surface area contributed by atoms with Crippen molar-refractivity contribution in [1.82, 2.24) is 15.0 Å². The van der Waals surface area contributed by atoms with Crippen LogP contribution in [-0.2, 0) is 18.0 Å². The topological polar surface area (TPSA) is 221 Å². The number of alkyl halides is 3. The molecule has 0 aliphatic heterocycles. The fourth-order valence-electron chi connectivity index (χ4n) is 6.61. The van der Waals surface area contributed by atoms with Crippen LogP contribution in [0.4, 0.5) is 19.1 Å². The highest BCUT2D eigenvalue weighted by Crippen LogP contribution is 2.56. The maximum Gasteiger partial charge on any atom is 0.433 e. The number of phenolic OH excluding ortho intramolecular Hbond substituents is 1. The lowest BCUT2D eigenvalue weighted by molar-refractivity contribution is -0.141. The lowest BCUT2D eigenvalue weighted by Gasteiger charge is -2.27. The minimum atomic E-state index is -4.73. The molecule has 49 heavy (non-hydrogen) atoms. The number of methoxy groups -OCH3 is 1. The molecule has 0 amide bonds. The number of phenols is 1. The number of fused-ring (bicyclic) bond motifs is 4. The van der Waals surface area contributed by atoms with Gasteiger partial charge in [0.25, 0.3) is 5.56 Å². The number of aromatic hydroxyl groups is 1. The molecule has 1 aromatic carbocycles. The van der Waals surface area contributed by atoms with Crippen LogP contribution in [0.25, 0.3) is 22.3 Å². The van der Waals surface area contributed by atoms with Crippen molar-refractivity contribution in [2.45, 2.75) is 24.4 Å². The van der Waals surface area contributed by atoms with Crippen LogP contribution in [0.3, 0.4) is 0 Å². The molecule has 0 fully saturated rings. The first-order valence-electron chi connectivity index (χ1n) is 14.0. The van der Waals surface area contributed by atoms with Crippen LogP contribution in [0.2, 0.25) is 5.02 Å². The standard InChI is InChI=1S/C31H17ClF3N5O9/c1-49-13-7-12(41)16-17(22(13)42)24(44)19-18(23(16)43)26(46)30(27(19)47)4-2-10-20(30)25(45)15-11(21(10)32)6-9(38-28(15)48)8-37-40-29-36-5-3-14(39-29)31(33,34)35/h3,5-8,45-47H,2,4H2,1H3,(H,38,48)(H,36,39,40)/t30-/m0/s1. The summed E-state index contributed by atoms with van der Waals surface area (Å²) >= 11 is 6.73. The van der Waals surface area contributed by atoms with Crippen molar-refractivity contribution in [3.8, 4) is 11.5 Å².